The minimum absolute atomic E-state index is 0.127. The second kappa shape index (κ2) is 6.70. The molecule has 1 aromatic carbocycles. The van der Waals surface area contributed by atoms with Crippen LogP contribution in [0.3, 0.4) is 0 Å². The van der Waals surface area contributed by atoms with Crippen LogP contribution in [0.25, 0.3) is 0 Å². The minimum Gasteiger partial charge on any atom is -0.337 e. The number of nitrogens with zero attached hydrogens (tertiary/aromatic N) is 5. The summed E-state index contributed by atoms with van der Waals surface area (Å²) in [5, 5.41) is 8.10. The van der Waals surface area contributed by atoms with Gasteiger partial charge in [-0.2, -0.15) is 0 Å². The SMILES string of the molecule is Cn1cc(CN2CCCN(C(=O)c3ccccc3)CC2)nn1. The first-order chi connectivity index (χ1) is 10.7. The highest BCUT2D eigenvalue weighted by Gasteiger charge is 2.20. The van der Waals surface area contributed by atoms with Crippen molar-refractivity contribution < 1.29 is 4.79 Å². The standard InChI is InChI=1S/C16H21N5O/c1-19-12-15(17-18-19)13-20-8-5-9-21(11-10-20)16(22)14-6-3-2-4-7-14/h2-4,6-7,12H,5,8-11,13H2,1H3. The van der Waals surface area contributed by atoms with E-state index in [1.54, 1.807) is 4.68 Å². The Bertz CT molecular complexity index is 624. The van der Waals surface area contributed by atoms with Gasteiger partial charge < -0.3 is 4.90 Å². The zero-order chi connectivity index (χ0) is 15.4. The molecule has 1 aromatic heterocycles. The number of hydrogen-bond acceptors (Lipinski definition) is 4. The molecule has 116 valence electrons. The number of rotatable bonds is 3. The average Bonchev–Trinajstić information content (AvgIpc) is 2.81. The first-order valence-corrected chi connectivity index (χ1v) is 7.64. The van der Waals surface area contributed by atoms with Crippen LogP contribution < -0.4 is 0 Å². The largest absolute Gasteiger partial charge is 0.337 e. The lowest BCUT2D eigenvalue weighted by Crippen LogP contribution is -2.35. The van der Waals surface area contributed by atoms with Gasteiger partial charge in [0.05, 0.1) is 5.69 Å². The van der Waals surface area contributed by atoms with Crippen LogP contribution in [-0.4, -0.2) is 56.9 Å². The maximum atomic E-state index is 12.5. The fourth-order valence-electron chi connectivity index (χ4n) is 2.79. The van der Waals surface area contributed by atoms with E-state index < -0.39 is 0 Å². The summed E-state index contributed by atoms with van der Waals surface area (Å²) >= 11 is 0. The highest BCUT2D eigenvalue weighted by atomic mass is 16.2. The Balaban J connectivity index is 1.59. The van der Waals surface area contributed by atoms with Gasteiger partial charge in [-0.25, -0.2) is 0 Å². The van der Waals surface area contributed by atoms with E-state index in [0.29, 0.717) is 0 Å². The van der Waals surface area contributed by atoms with Gasteiger partial charge in [-0.1, -0.05) is 23.4 Å². The fraction of sp³-hybridized carbons (Fsp3) is 0.438. The van der Waals surface area contributed by atoms with Gasteiger partial charge in [0.1, 0.15) is 0 Å². The number of aryl methyl sites for hydroxylation is 1. The summed E-state index contributed by atoms with van der Waals surface area (Å²) in [5.41, 5.74) is 1.75. The van der Waals surface area contributed by atoms with Gasteiger partial charge in [-0.15, -0.1) is 5.10 Å². The summed E-state index contributed by atoms with van der Waals surface area (Å²) in [6.45, 7) is 4.21. The predicted molar refractivity (Wildman–Crippen MR) is 83.2 cm³/mol. The summed E-state index contributed by atoms with van der Waals surface area (Å²) < 4.78 is 1.72. The van der Waals surface area contributed by atoms with Crippen LogP contribution in [0.15, 0.2) is 36.5 Å². The molecule has 0 unspecified atom stereocenters. The lowest BCUT2D eigenvalue weighted by atomic mass is 10.2. The summed E-state index contributed by atoms with van der Waals surface area (Å²) in [6, 6.07) is 9.51. The summed E-state index contributed by atoms with van der Waals surface area (Å²) in [6.07, 6.45) is 2.93. The molecule has 1 fully saturated rings. The van der Waals surface area contributed by atoms with E-state index in [9.17, 15) is 4.79 Å². The van der Waals surface area contributed by atoms with E-state index in [0.717, 1.165) is 50.4 Å². The van der Waals surface area contributed by atoms with Crippen LogP contribution >= 0.6 is 0 Å². The van der Waals surface area contributed by atoms with Gasteiger partial charge >= 0.3 is 0 Å². The molecule has 6 heteroatoms. The second-order valence-corrected chi connectivity index (χ2v) is 5.67. The molecule has 1 amide bonds. The van der Waals surface area contributed by atoms with Crippen LogP contribution in [-0.2, 0) is 13.6 Å². The topological polar surface area (TPSA) is 54.3 Å². The number of aromatic nitrogens is 3. The molecule has 2 heterocycles. The first kappa shape index (κ1) is 14.7. The van der Waals surface area contributed by atoms with E-state index in [1.807, 2.05) is 48.5 Å². The lowest BCUT2D eigenvalue weighted by Gasteiger charge is -2.21. The van der Waals surface area contributed by atoms with E-state index in [2.05, 4.69) is 15.2 Å². The van der Waals surface area contributed by atoms with Crippen molar-refractivity contribution >= 4 is 5.91 Å². The van der Waals surface area contributed by atoms with Gasteiger partial charge in [-0.3, -0.25) is 14.4 Å². The third-order valence-electron chi connectivity index (χ3n) is 3.93. The maximum Gasteiger partial charge on any atom is 0.253 e. The van der Waals surface area contributed by atoms with Crippen molar-refractivity contribution in [1.29, 1.82) is 0 Å². The normalized spacial score (nSPS) is 16.5. The van der Waals surface area contributed by atoms with Crippen molar-refractivity contribution in [2.45, 2.75) is 13.0 Å². The smallest absolute Gasteiger partial charge is 0.253 e. The van der Waals surface area contributed by atoms with Crippen LogP contribution in [0, 0.1) is 0 Å². The predicted octanol–water partition coefficient (Wildman–Crippen LogP) is 1.16. The second-order valence-electron chi connectivity index (χ2n) is 5.67. The molecule has 0 atom stereocenters. The molecule has 0 aliphatic carbocycles. The Morgan fingerprint density at radius 2 is 1.95 bits per heavy atom. The van der Waals surface area contributed by atoms with Crippen molar-refractivity contribution in [2.75, 3.05) is 26.2 Å². The molecule has 3 rings (SSSR count). The quantitative estimate of drug-likeness (QED) is 0.853. The molecular formula is C16H21N5O. The third-order valence-corrected chi connectivity index (χ3v) is 3.93. The fourth-order valence-corrected chi connectivity index (χ4v) is 2.79. The van der Waals surface area contributed by atoms with E-state index >= 15 is 0 Å². The van der Waals surface area contributed by atoms with Crippen molar-refractivity contribution in [3.05, 3.63) is 47.8 Å². The molecule has 0 spiro atoms. The highest BCUT2D eigenvalue weighted by Crippen LogP contribution is 2.11. The average molecular weight is 299 g/mol. The number of amides is 1. The molecule has 2 aromatic rings. The third kappa shape index (κ3) is 3.51. The van der Waals surface area contributed by atoms with E-state index in [-0.39, 0.29) is 5.91 Å². The van der Waals surface area contributed by atoms with Crippen molar-refractivity contribution in [2.24, 2.45) is 7.05 Å². The summed E-state index contributed by atoms with van der Waals surface area (Å²) in [5.74, 6) is 0.127. The molecule has 1 saturated heterocycles. The molecule has 0 saturated carbocycles. The Labute approximate surface area is 130 Å². The molecular weight excluding hydrogens is 278 g/mol. The monoisotopic (exact) mass is 299 g/mol. The summed E-state index contributed by atoms with van der Waals surface area (Å²) in [7, 11) is 1.87. The Morgan fingerprint density at radius 1 is 1.14 bits per heavy atom. The molecule has 0 radical (unpaired) electrons. The molecule has 6 nitrogen and oxygen atoms in total. The van der Waals surface area contributed by atoms with Gasteiger partial charge in [0.2, 0.25) is 0 Å². The number of benzene rings is 1. The maximum absolute atomic E-state index is 12.5. The molecule has 0 bridgehead atoms. The van der Waals surface area contributed by atoms with Gasteiger partial charge in [0.25, 0.3) is 5.91 Å². The zero-order valence-electron chi connectivity index (χ0n) is 12.9. The van der Waals surface area contributed by atoms with Gasteiger partial charge in [-0.05, 0) is 18.6 Å². The van der Waals surface area contributed by atoms with Crippen molar-refractivity contribution in [3.63, 3.8) is 0 Å². The van der Waals surface area contributed by atoms with Crippen LogP contribution in [0.4, 0.5) is 0 Å². The molecule has 1 aliphatic rings. The first-order valence-electron chi connectivity index (χ1n) is 7.64. The van der Waals surface area contributed by atoms with Crippen molar-refractivity contribution in [3.8, 4) is 0 Å². The zero-order valence-corrected chi connectivity index (χ0v) is 12.9. The Morgan fingerprint density at radius 3 is 2.68 bits per heavy atom. The van der Waals surface area contributed by atoms with E-state index in [1.165, 1.54) is 0 Å². The molecule has 0 N–H and O–H groups in total. The van der Waals surface area contributed by atoms with Gasteiger partial charge in [0, 0.05) is 51.5 Å². The number of carbonyl (C=O) groups is 1. The van der Waals surface area contributed by atoms with Crippen LogP contribution in [0.1, 0.15) is 22.5 Å². The molecule has 1 aliphatic heterocycles. The van der Waals surface area contributed by atoms with Crippen molar-refractivity contribution in [1.82, 2.24) is 24.8 Å². The highest BCUT2D eigenvalue weighted by molar-refractivity contribution is 5.94. The number of carbonyl (C=O) groups excluding carboxylic acids is 1. The van der Waals surface area contributed by atoms with Gasteiger partial charge in [0.15, 0.2) is 0 Å². The lowest BCUT2D eigenvalue weighted by molar-refractivity contribution is 0.0761. The minimum atomic E-state index is 0.127. The number of hydrogen-bond donors (Lipinski definition) is 0. The van der Waals surface area contributed by atoms with E-state index in [4.69, 9.17) is 0 Å². The Kier molecular flexibility index (Phi) is 4.48. The van der Waals surface area contributed by atoms with Crippen LogP contribution in [0.2, 0.25) is 0 Å². The summed E-state index contributed by atoms with van der Waals surface area (Å²) in [4.78, 5) is 16.8. The Hall–Kier alpha value is -2.21. The molecule has 22 heavy (non-hydrogen) atoms. The van der Waals surface area contributed by atoms with Crippen LogP contribution in [0.5, 0.6) is 0 Å².